The molecule has 0 atom stereocenters. The molecule has 0 N–H and O–H groups in total. The van der Waals surface area contributed by atoms with Gasteiger partial charge in [-0.2, -0.15) is 0 Å². The molecule has 0 radical (unpaired) electrons. The highest BCUT2D eigenvalue weighted by Gasteiger charge is 2.22. The van der Waals surface area contributed by atoms with E-state index in [0.717, 1.165) is 55.5 Å². The first kappa shape index (κ1) is 23.6. The zero-order chi connectivity index (χ0) is 37.8. The summed E-state index contributed by atoms with van der Waals surface area (Å²) < 4.78 is 48.3. The third-order valence-electron chi connectivity index (χ3n) is 10.4. The van der Waals surface area contributed by atoms with Gasteiger partial charge in [-0.3, -0.25) is 0 Å². The molecule has 0 aliphatic carbocycles. The standard InChI is InChI=1S/C50H30O/c1-3-9-31(10-4-1)36-21-24-46-45(29-36)43-16-8-15-37-25-40(30-47(51-46)49(37)43)39-26-38(32-11-5-2-6-12-32)27-41(28-39)42-22-19-35-18-17-33-13-7-14-34-20-23-44(42)50(35)48(33)34/h1-30H/i1D,3D,4D,9D,10D. The zero-order valence-electron chi connectivity index (χ0n) is 32.3. The van der Waals surface area contributed by atoms with Gasteiger partial charge < -0.3 is 4.74 Å². The molecule has 10 aromatic carbocycles. The van der Waals surface area contributed by atoms with Crippen LogP contribution in [0.3, 0.4) is 0 Å². The molecule has 1 aliphatic heterocycles. The first-order chi connectivity index (χ1) is 27.3. The first-order valence-electron chi connectivity index (χ1n) is 19.7. The molecular weight excluding hydrogens is 617 g/mol. The lowest BCUT2D eigenvalue weighted by Gasteiger charge is -2.23. The van der Waals surface area contributed by atoms with Crippen molar-refractivity contribution in [1.82, 2.24) is 0 Å². The van der Waals surface area contributed by atoms with Crippen molar-refractivity contribution in [2.45, 2.75) is 0 Å². The highest BCUT2D eigenvalue weighted by atomic mass is 16.5. The molecule has 236 valence electrons. The Morgan fingerprint density at radius 1 is 0.333 bits per heavy atom. The molecule has 1 aliphatic rings. The van der Waals surface area contributed by atoms with Crippen LogP contribution in [-0.2, 0) is 0 Å². The third-order valence-corrected chi connectivity index (χ3v) is 10.4. The van der Waals surface area contributed by atoms with Crippen LogP contribution in [0.25, 0.3) is 98.7 Å². The molecular formula is C50H30O. The fourth-order valence-electron chi connectivity index (χ4n) is 8.09. The molecule has 1 nitrogen and oxygen atoms in total. The minimum absolute atomic E-state index is 0.172. The van der Waals surface area contributed by atoms with Crippen molar-refractivity contribution in [3.05, 3.63) is 182 Å². The highest BCUT2D eigenvalue weighted by Crippen LogP contribution is 2.49. The maximum absolute atomic E-state index is 8.58. The molecule has 1 heterocycles. The van der Waals surface area contributed by atoms with Gasteiger partial charge in [0.15, 0.2) is 0 Å². The predicted octanol–water partition coefficient (Wildman–Crippen LogP) is 14.2. The van der Waals surface area contributed by atoms with Gasteiger partial charge in [0.2, 0.25) is 0 Å². The molecule has 0 unspecified atom stereocenters. The van der Waals surface area contributed by atoms with Gasteiger partial charge in [0.05, 0.1) is 6.85 Å². The highest BCUT2D eigenvalue weighted by molar-refractivity contribution is 6.25. The van der Waals surface area contributed by atoms with Crippen LogP contribution in [0, 0.1) is 0 Å². The van der Waals surface area contributed by atoms with E-state index >= 15 is 0 Å². The van der Waals surface area contributed by atoms with Crippen LogP contribution in [0.2, 0.25) is 0 Å². The van der Waals surface area contributed by atoms with Gasteiger partial charge in [-0.25, -0.2) is 0 Å². The van der Waals surface area contributed by atoms with Crippen molar-refractivity contribution in [2.24, 2.45) is 0 Å². The average Bonchev–Trinajstić information content (AvgIpc) is 3.24. The van der Waals surface area contributed by atoms with E-state index in [-0.39, 0.29) is 29.7 Å². The summed E-state index contributed by atoms with van der Waals surface area (Å²) in [6.07, 6.45) is 0. The van der Waals surface area contributed by atoms with Crippen LogP contribution < -0.4 is 4.74 Å². The molecule has 0 aromatic heterocycles. The number of rotatable bonds is 4. The Morgan fingerprint density at radius 2 is 1.02 bits per heavy atom. The molecule has 0 saturated carbocycles. The summed E-state index contributed by atoms with van der Waals surface area (Å²) in [5, 5.41) is 9.51. The first-order valence-corrected chi connectivity index (χ1v) is 17.2. The van der Waals surface area contributed by atoms with Crippen molar-refractivity contribution in [3.63, 3.8) is 0 Å². The second-order valence-corrected chi connectivity index (χ2v) is 13.3. The molecule has 0 spiro atoms. The smallest absolute Gasteiger partial charge is 0.136 e. The van der Waals surface area contributed by atoms with Gasteiger partial charge in [-0.05, 0) is 130 Å². The van der Waals surface area contributed by atoms with Gasteiger partial charge in [0, 0.05) is 10.9 Å². The molecule has 0 saturated heterocycles. The second kappa shape index (κ2) is 10.9. The lowest BCUT2D eigenvalue weighted by Crippen LogP contribution is -1.98. The summed E-state index contributed by atoms with van der Waals surface area (Å²) in [5.74, 6) is 1.39. The van der Waals surface area contributed by atoms with Crippen molar-refractivity contribution >= 4 is 43.1 Å². The summed E-state index contributed by atoms with van der Waals surface area (Å²) in [7, 11) is 0. The largest absolute Gasteiger partial charge is 0.456 e. The minimum Gasteiger partial charge on any atom is -0.456 e. The number of fused-ring (bicyclic) bond motifs is 2. The maximum atomic E-state index is 8.58. The molecule has 51 heavy (non-hydrogen) atoms. The lowest BCUT2D eigenvalue weighted by molar-refractivity contribution is 0.487. The SMILES string of the molecule is [2H]c1c([2H])c([2H])c(-c2ccc3c(c2)-c2cccc4cc(-c5cc(-c6ccccc6)cc(-c6ccc7ccc8cccc9ccc6c7c89)c5)cc(c24)O3)c([2H])c1[2H]. The van der Waals surface area contributed by atoms with Crippen LogP contribution in [0.1, 0.15) is 6.85 Å². The van der Waals surface area contributed by atoms with E-state index < -0.39 is 6.04 Å². The summed E-state index contributed by atoms with van der Waals surface area (Å²) in [5.41, 5.74) is 9.16. The van der Waals surface area contributed by atoms with Gasteiger partial charge in [-0.1, -0.05) is 139 Å². The van der Waals surface area contributed by atoms with E-state index in [9.17, 15) is 0 Å². The number of benzene rings is 10. The van der Waals surface area contributed by atoms with Gasteiger partial charge >= 0.3 is 0 Å². The summed E-state index contributed by atoms with van der Waals surface area (Å²) >= 11 is 0. The number of ether oxygens (including phenoxy) is 1. The van der Waals surface area contributed by atoms with E-state index in [2.05, 4.69) is 121 Å². The van der Waals surface area contributed by atoms with Crippen LogP contribution in [0.4, 0.5) is 0 Å². The summed E-state index contributed by atoms with van der Waals surface area (Å²) in [6, 6.07) is 51.8. The van der Waals surface area contributed by atoms with E-state index in [0.29, 0.717) is 11.3 Å². The number of hydrogen-bond donors (Lipinski definition) is 0. The molecule has 1 heteroatoms. The second-order valence-electron chi connectivity index (χ2n) is 13.3. The Balaban J connectivity index is 1.09. The van der Waals surface area contributed by atoms with Crippen molar-refractivity contribution in [2.75, 3.05) is 0 Å². The van der Waals surface area contributed by atoms with Crippen LogP contribution in [-0.4, -0.2) is 0 Å². The summed E-state index contributed by atoms with van der Waals surface area (Å²) in [6.45, 7) is 0. The number of hydrogen-bond acceptors (Lipinski definition) is 1. The fourth-order valence-corrected chi connectivity index (χ4v) is 8.09. The Kier molecular flexibility index (Phi) is 5.05. The normalized spacial score (nSPS) is 13.5. The molecule has 11 rings (SSSR count). The van der Waals surface area contributed by atoms with Crippen LogP contribution in [0.5, 0.6) is 11.5 Å². The molecule has 0 fully saturated rings. The third kappa shape index (κ3) is 4.42. The summed E-state index contributed by atoms with van der Waals surface area (Å²) in [4.78, 5) is 0. The van der Waals surface area contributed by atoms with E-state index in [1.54, 1.807) is 6.07 Å². The lowest BCUT2D eigenvalue weighted by atomic mass is 9.87. The Bertz CT molecular complexity index is 3230. The maximum Gasteiger partial charge on any atom is 0.136 e. The average molecular weight is 652 g/mol. The minimum atomic E-state index is -0.406. The quantitative estimate of drug-likeness (QED) is 0.172. The molecule has 0 bridgehead atoms. The molecule has 10 aromatic rings. The van der Waals surface area contributed by atoms with Gasteiger partial charge in [0.25, 0.3) is 0 Å². The Morgan fingerprint density at radius 3 is 1.86 bits per heavy atom. The van der Waals surface area contributed by atoms with Crippen LogP contribution >= 0.6 is 0 Å². The van der Waals surface area contributed by atoms with Crippen LogP contribution in [0.15, 0.2) is 182 Å². The topological polar surface area (TPSA) is 9.23 Å². The van der Waals surface area contributed by atoms with E-state index in [1.165, 1.54) is 37.9 Å². The zero-order valence-corrected chi connectivity index (χ0v) is 27.3. The van der Waals surface area contributed by atoms with E-state index in [4.69, 9.17) is 11.6 Å². The van der Waals surface area contributed by atoms with Gasteiger partial charge in [-0.15, -0.1) is 0 Å². The van der Waals surface area contributed by atoms with E-state index in [1.807, 2.05) is 24.3 Å². The fraction of sp³-hybridized carbons (Fsp3) is 0. The Labute approximate surface area is 303 Å². The van der Waals surface area contributed by atoms with Crippen molar-refractivity contribution < 1.29 is 11.6 Å². The van der Waals surface area contributed by atoms with Crippen molar-refractivity contribution in [1.29, 1.82) is 0 Å². The van der Waals surface area contributed by atoms with Crippen molar-refractivity contribution in [3.8, 4) is 67.1 Å². The predicted molar refractivity (Wildman–Crippen MR) is 215 cm³/mol. The Hall–Kier alpha value is -6.70. The monoisotopic (exact) mass is 651 g/mol. The molecule has 0 amide bonds. The van der Waals surface area contributed by atoms with Gasteiger partial charge in [0.1, 0.15) is 11.5 Å².